The van der Waals surface area contributed by atoms with Gasteiger partial charge in [0.2, 0.25) is 0 Å². The van der Waals surface area contributed by atoms with Gasteiger partial charge in [-0.25, -0.2) is 0 Å². The molecule has 1 unspecified atom stereocenters. The molecule has 0 heterocycles. The van der Waals surface area contributed by atoms with Gasteiger partial charge in [-0.05, 0) is 36.6 Å². The zero-order valence-electron chi connectivity index (χ0n) is 12.5. The summed E-state index contributed by atoms with van der Waals surface area (Å²) in [6.07, 6.45) is 8.87. The Morgan fingerprint density at radius 1 is 1.22 bits per heavy atom. The minimum atomic E-state index is 0.271. The molecule has 0 spiro atoms. The predicted molar refractivity (Wildman–Crippen MR) is 77.4 cm³/mol. The number of ketones is 1. The van der Waals surface area contributed by atoms with Gasteiger partial charge in [0, 0.05) is 12.8 Å². The summed E-state index contributed by atoms with van der Waals surface area (Å²) in [6.45, 7) is 7.51. The summed E-state index contributed by atoms with van der Waals surface area (Å²) in [7, 11) is 0. The average Bonchev–Trinajstić information content (AvgIpc) is 2.75. The lowest BCUT2D eigenvalue weighted by Gasteiger charge is -2.30. The number of carbonyl (C=O) groups excluding carboxylic acids is 1. The maximum Gasteiger partial charge on any atom is 0.133 e. The lowest BCUT2D eigenvalue weighted by molar-refractivity contribution is -0.120. The van der Waals surface area contributed by atoms with E-state index in [0.717, 1.165) is 32.2 Å². The first-order chi connectivity index (χ1) is 8.43. The molecule has 0 aromatic carbocycles. The van der Waals surface area contributed by atoms with E-state index in [9.17, 15) is 4.79 Å². The molecule has 0 aromatic rings. The number of Topliss-reactive ketones (excluding diaryl/α,β-unsaturated/α-hetero) is 1. The summed E-state index contributed by atoms with van der Waals surface area (Å²) in [5.41, 5.74) is 5.95. The topological polar surface area (TPSA) is 43.1 Å². The molecule has 18 heavy (non-hydrogen) atoms. The van der Waals surface area contributed by atoms with E-state index in [1.165, 1.54) is 25.7 Å². The van der Waals surface area contributed by atoms with Crippen LogP contribution >= 0.6 is 0 Å². The molecule has 1 saturated carbocycles. The molecule has 0 amide bonds. The Bertz CT molecular complexity index is 248. The quantitative estimate of drug-likeness (QED) is 0.747. The summed E-state index contributed by atoms with van der Waals surface area (Å²) in [5, 5.41) is 0. The third kappa shape index (κ3) is 5.51. The van der Waals surface area contributed by atoms with Crippen molar-refractivity contribution in [3.8, 4) is 0 Å². The highest BCUT2D eigenvalue weighted by Gasteiger charge is 2.25. The largest absolute Gasteiger partial charge is 0.330 e. The standard InChI is InChI=1S/C16H31NO/c1-16(2,3)14(10-11-17)8-9-15(18)12-13-6-4-5-7-13/h13-14H,4-12,17H2,1-3H3. The fraction of sp³-hybridized carbons (Fsp3) is 0.938. The molecule has 0 aromatic heterocycles. The minimum Gasteiger partial charge on any atom is -0.330 e. The first-order valence-corrected chi connectivity index (χ1v) is 7.65. The summed E-state index contributed by atoms with van der Waals surface area (Å²) in [6, 6.07) is 0. The number of nitrogens with two attached hydrogens (primary N) is 1. The van der Waals surface area contributed by atoms with Gasteiger partial charge in [-0.15, -0.1) is 0 Å². The summed E-state index contributed by atoms with van der Waals surface area (Å²) >= 11 is 0. The van der Waals surface area contributed by atoms with Crippen LogP contribution in [0.1, 0.15) is 72.1 Å². The molecule has 0 radical (unpaired) electrons. The summed E-state index contributed by atoms with van der Waals surface area (Å²) in [4.78, 5) is 12.0. The van der Waals surface area contributed by atoms with Crippen molar-refractivity contribution >= 4 is 5.78 Å². The van der Waals surface area contributed by atoms with E-state index in [2.05, 4.69) is 20.8 Å². The number of hydrogen-bond donors (Lipinski definition) is 1. The molecule has 1 aliphatic carbocycles. The van der Waals surface area contributed by atoms with E-state index in [0.29, 0.717) is 17.6 Å². The molecule has 1 atom stereocenters. The third-order valence-corrected chi connectivity index (χ3v) is 4.50. The molecule has 1 rings (SSSR count). The normalized spacial score (nSPS) is 19.1. The van der Waals surface area contributed by atoms with Crippen LogP contribution in [0.4, 0.5) is 0 Å². The Balaban J connectivity index is 2.30. The van der Waals surface area contributed by atoms with Gasteiger partial charge < -0.3 is 5.73 Å². The van der Waals surface area contributed by atoms with Crippen LogP contribution in [0.2, 0.25) is 0 Å². The van der Waals surface area contributed by atoms with Crippen molar-refractivity contribution in [2.45, 2.75) is 72.1 Å². The number of rotatable bonds is 7. The molecule has 1 fully saturated rings. The first kappa shape index (κ1) is 15.7. The smallest absolute Gasteiger partial charge is 0.133 e. The van der Waals surface area contributed by atoms with E-state index in [4.69, 9.17) is 5.73 Å². The van der Waals surface area contributed by atoms with E-state index >= 15 is 0 Å². The van der Waals surface area contributed by atoms with E-state index in [1.54, 1.807) is 0 Å². The molecular weight excluding hydrogens is 222 g/mol. The summed E-state index contributed by atoms with van der Waals surface area (Å²) < 4.78 is 0. The molecule has 0 aliphatic heterocycles. The fourth-order valence-electron chi connectivity index (χ4n) is 3.19. The molecule has 2 nitrogen and oxygen atoms in total. The Morgan fingerprint density at radius 3 is 2.33 bits per heavy atom. The van der Waals surface area contributed by atoms with Crippen LogP contribution in [0.25, 0.3) is 0 Å². The van der Waals surface area contributed by atoms with Crippen molar-refractivity contribution in [1.82, 2.24) is 0 Å². The van der Waals surface area contributed by atoms with Gasteiger partial charge in [0.15, 0.2) is 0 Å². The van der Waals surface area contributed by atoms with Crippen LogP contribution in [-0.2, 0) is 4.79 Å². The Kier molecular flexibility index (Phi) is 6.34. The van der Waals surface area contributed by atoms with Crippen molar-refractivity contribution in [1.29, 1.82) is 0 Å². The molecule has 0 saturated heterocycles. The summed E-state index contributed by atoms with van der Waals surface area (Å²) in [5.74, 6) is 1.75. The molecule has 1 aliphatic rings. The van der Waals surface area contributed by atoms with Crippen LogP contribution in [0.5, 0.6) is 0 Å². The van der Waals surface area contributed by atoms with Crippen molar-refractivity contribution in [3.05, 3.63) is 0 Å². The van der Waals surface area contributed by atoms with Gasteiger partial charge in [-0.3, -0.25) is 4.79 Å². The average molecular weight is 253 g/mol. The van der Waals surface area contributed by atoms with Crippen LogP contribution in [0.15, 0.2) is 0 Å². The van der Waals surface area contributed by atoms with Crippen molar-refractivity contribution in [2.75, 3.05) is 6.54 Å². The van der Waals surface area contributed by atoms with Crippen LogP contribution in [0.3, 0.4) is 0 Å². The molecular formula is C16H31NO. The highest BCUT2D eigenvalue weighted by molar-refractivity contribution is 5.78. The van der Waals surface area contributed by atoms with E-state index in [-0.39, 0.29) is 5.41 Å². The van der Waals surface area contributed by atoms with E-state index in [1.807, 2.05) is 0 Å². The minimum absolute atomic E-state index is 0.271. The third-order valence-electron chi connectivity index (χ3n) is 4.50. The second-order valence-corrected chi connectivity index (χ2v) is 7.07. The lowest BCUT2D eigenvalue weighted by atomic mass is 9.75. The van der Waals surface area contributed by atoms with Gasteiger partial charge >= 0.3 is 0 Å². The monoisotopic (exact) mass is 253 g/mol. The van der Waals surface area contributed by atoms with Gasteiger partial charge in [0.1, 0.15) is 5.78 Å². The lowest BCUT2D eigenvalue weighted by Crippen LogP contribution is -2.24. The fourth-order valence-corrected chi connectivity index (χ4v) is 3.19. The Hall–Kier alpha value is -0.370. The Morgan fingerprint density at radius 2 is 1.83 bits per heavy atom. The first-order valence-electron chi connectivity index (χ1n) is 7.65. The zero-order valence-corrected chi connectivity index (χ0v) is 12.5. The van der Waals surface area contributed by atoms with Crippen molar-refractivity contribution in [2.24, 2.45) is 23.0 Å². The van der Waals surface area contributed by atoms with Crippen LogP contribution < -0.4 is 5.73 Å². The highest BCUT2D eigenvalue weighted by Crippen LogP contribution is 2.33. The van der Waals surface area contributed by atoms with Crippen molar-refractivity contribution < 1.29 is 4.79 Å². The number of hydrogen-bond acceptors (Lipinski definition) is 2. The molecule has 2 heteroatoms. The van der Waals surface area contributed by atoms with Gasteiger partial charge in [-0.2, -0.15) is 0 Å². The molecule has 2 N–H and O–H groups in total. The maximum absolute atomic E-state index is 12.0. The second-order valence-electron chi connectivity index (χ2n) is 7.07. The second kappa shape index (κ2) is 7.28. The molecule has 0 bridgehead atoms. The van der Waals surface area contributed by atoms with E-state index < -0.39 is 0 Å². The highest BCUT2D eigenvalue weighted by atomic mass is 16.1. The molecule has 106 valence electrons. The van der Waals surface area contributed by atoms with Crippen LogP contribution in [0, 0.1) is 17.3 Å². The zero-order chi connectivity index (χ0) is 13.6. The Labute approximate surface area is 113 Å². The van der Waals surface area contributed by atoms with Crippen molar-refractivity contribution in [3.63, 3.8) is 0 Å². The van der Waals surface area contributed by atoms with Gasteiger partial charge in [-0.1, -0.05) is 46.5 Å². The number of carbonyl (C=O) groups is 1. The SMILES string of the molecule is CC(C)(C)C(CCN)CCC(=O)CC1CCCC1. The van der Waals surface area contributed by atoms with Gasteiger partial charge in [0.25, 0.3) is 0 Å². The van der Waals surface area contributed by atoms with Gasteiger partial charge in [0.05, 0.1) is 0 Å². The predicted octanol–water partition coefficient (Wildman–Crippen LogP) is 3.93. The maximum atomic E-state index is 12.0. The van der Waals surface area contributed by atoms with Crippen LogP contribution in [-0.4, -0.2) is 12.3 Å².